The molecule has 1 aromatic heterocycles. The minimum absolute atomic E-state index is 0.184. The highest BCUT2D eigenvalue weighted by Crippen LogP contribution is 2.37. The molecule has 0 radical (unpaired) electrons. The molecule has 0 aliphatic carbocycles. The fourth-order valence-electron chi connectivity index (χ4n) is 3.70. The summed E-state index contributed by atoms with van der Waals surface area (Å²) < 4.78 is 37.1. The maximum Gasteiger partial charge on any atom is 0.254 e. The van der Waals surface area contributed by atoms with Crippen LogP contribution in [0, 0.1) is 5.82 Å². The standard InChI is InChI=1S/C23H25FN4O4/c1-29-23(30-2,17-8-9-18(19(24)14-17)16-6-4-3-5-7-16)20-15-21(32-27-20)26-22(25)28-10-12-31-13-11-28/h3-9,14-15H,10-13H2,1-2H3,(H2,25,26). The number of morpholine rings is 1. The maximum atomic E-state index is 15.0. The van der Waals surface area contributed by atoms with Crippen LogP contribution in [0.3, 0.4) is 0 Å². The molecule has 0 spiro atoms. The molecule has 2 N–H and O–H groups in total. The fraction of sp³-hybridized carbons (Fsp3) is 0.304. The van der Waals surface area contributed by atoms with Crippen LogP contribution in [0.25, 0.3) is 11.1 Å². The lowest BCUT2D eigenvalue weighted by molar-refractivity contribution is -0.187. The normalized spacial score (nSPS) is 15.2. The largest absolute Gasteiger partial charge is 0.378 e. The average Bonchev–Trinajstić information content (AvgIpc) is 3.30. The third-order valence-electron chi connectivity index (χ3n) is 5.40. The van der Waals surface area contributed by atoms with Gasteiger partial charge in [0.05, 0.1) is 13.2 Å². The molecule has 9 heteroatoms. The summed E-state index contributed by atoms with van der Waals surface area (Å²) in [4.78, 5) is 6.19. The zero-order valence-corrected chi connectivity index (χ0v) is 18.0. The summed E-state index contributed by atoms with van der Waals surface area (Å²) in [6.45, 7) is 2.45. The zero-order chi connectivity index (χ0) is 22.6. The topological polar surface area (TPSA) is 95.3 Å². The van der Waals surface area contributed by atoms with Crippen molar-refractivity contribution in [1.82, 2.24) is 10.1 Å². The first-order valence-corrected chi connectivity index (χ1v) is 10.2. The van der Waals surface area contributed by atoms with E-state index in [1.807, 2.05) is 35.2 Å². The van der Waals surface area contributed by atoms with E-state index in [0.717, 1.165) is 5.56 Å². The van der Waals surface area contributed by atoms with E-state index in [4.69, 9.17) is 24.5 Å². The molecule has 0 amide bonds. The van der Waals surface area contributed by atoms with Crippen molar-refractivity contribution in [1.29, 1.82) is 0 Å². The van der Waals surface area contributed by atoms with E-state index in [9.17, 15) is 0 Å². The molecule has 2 heterocycles. The Hall–Kier alpha value is -3.27. The summed E-state index contributed by atoms with van der Waals surface area (Å²) in [6.07, 6.45) is 0. The SMILES string of the molecule is COC(OC)(c1ccc(-c2ccccc2)c(F)c1)c1cc(/N=C(/N)N2CCOCC2)on1. The minimum Gasteiger partial charge on any atom is -0.378 e. The van der Waals surface area contributed by atoms with Gasteiger partial charge in [0.2, 0.25) is 5.79 Å². The number of nitrogens with zero attached hydrogens (tertiary/aromatic N) is 3. The van der Waals surface area contributed by atoms with Crippen LogP contribution in [0.4, 0.5) is 10.3 Å². The zero-order valence-electron chi connectivity index (χ0n) is 18.0. The Morgan fingerprint density at radius 3 is 2.47 bits per heavy atom. The van der Waals surface area contributed by atoms with Crippen LogP contribution in [-0.2, 0) is 20.0 Å². The molecule has 0 saturated carbocycles. The molecular weight excluding hydrogens is 415 g/mol. The number of aliphatic imine (C=N–C) groups is 1. The lowest BCUT2D eigenvalue weighted by Crippen LogP contribution is -2.44. The van der Waals surface area contributed by atoms with Gasteiger partial charge in [0.1, 0.15) is 11.5 Å². The first-order valence-electron chi connectivity index (χ1n) is 10.2. The van der Waals surface area contributed by atoms with Crippen molar-refractivity contribution in [2.75, 3.05) is 40.5 Å². The predicted molar refractivity (Wildman–Crippen MR) is 117 cm³/mol. The number of halogens is 1. The Balaban J connectivity index is 1.65. The third-order valence-corrected chi connectivity index (χ3v) is 5.40. The number of nitrogens with two attached hydrogens (primary N) is 1. The highest BCUT2D eigenvalue weighted by molar-refractivity contribution is 5.80. The maximum absolute atomic E-state index is 15.0. The van der Waals surface area contributed by atoms with Crippen molar-refractivity contribution in [2.45, 2.75) is 5.79 Å². The quantitative estimate of drug-likeness (QED) is 0.357. The first kappa shape index (κ1) is 21.9. The van der Waals surface area contributed by atoms with Gasteiger partial charge in [0.25, 0.3) is 5.88 Å². The van der Waals surface area contributed by atoms with Crippen molar-refractivity contribution < 1.29 is 23.1 Å². The van der Waals surface area contributed by atoms with Gasteiger partial charge in [-0.3, -0.25) is 0 Å². The van der Waals surface area contributed by atoms with Gasteiger partial charge >= 0.3 is 0 Å². The van der Waals surface area contributed by atoms with Gasteiger partial charge in [-0.2, -0.15) is 4.99 Å². The molecule has 1 aliphatic rings. The minimum atomic E-state index is -1.49. The van der Waals surface area contributed by atoms with Crippen molar-refractivity contribution >= 4 is 11.8 Å². The lowest BCUT2D eigenvalue weighted by atomic mass is 9.97. The summed E-state index contributed by atoms with van der Waals surface area (Å²) in [5, 5.41) is 4.06. The van der Waals surface area contributed by atoms with Crippen LogP contribution in [-0.4, -0.2) is 56.5 Å². The number of rotatable bonds is 6. The highest BCUT2D eigenvalue weighted by Gasteiger charge is 2.39. The van der Waals surface area contributed by atoms with Crippen molar-refractivity contribution in [3.8, 4) is 11.1 Å². The van der Waals surface area contributed by atoms with Crippen LogP contribution in [0.5, 0.6) is 0 Å². The number of guanidine groups is 1. The molecule has 4 rings (SSSR count). The van der Waals surface area contributed by atoms with Crippen molar-refractivity contribution in [2.24, 2.45) is 10.7 Å². The second-order valence-electron chi connectivity index (χ2n) is 7.21. The highest BCUT2D eigenvalue weighted by atomic mass is 19.1. The average molecular weight is 440 g/mol. The molecule has 3 aromatic rings. The summed E-state index contributed by atoms with van der Waals surface area (Å²) in [5.41, 5.74) is 8.03. The summed E-state index contributed by atoms with van der Waals surface area (Å²) in [6, 6.07) is 15.6. The number of hydrogen-bond donors (Lipinski definition) is 1. The van der Waals surface area contributed by atoms with E-state index in [-0.39, 0.29) is 11.6 Å². The molecule has 0 bridgehead atoms. The fourth-order valence-corrected chi connectivity index (χ4v) is 3.70. The summed E-state index contributed by atoms with van der Waals surface area (Å²) >= 11 is 0. The van der Waals surface area contributed by atoms with E-state index < -0.39 is 11.6 Å². The number of benzene rings is 2. The predicted octanol–water partition coefficient (Wildman–Crippen LogP) is 3.25. The van der Waals surface area contributed by atoms with Gasteiger partial charge in [-0.15, -0.1) is 0 Å². The monoisotopic (exact) mass is 440 g/mol. The molecule has 168 valence electrons. The van der Waals surface area contributed by atoms with E-state index in [0.29, 0.717) is 43.4 Å². The number of hydrogen-bond acceptors (Lipinski definition) is 6. The number of methoxy groups -OCH3 is 2. The molecule has 1 fully saturated rings. The smallest absolute Gasteiger partial charge is 0.254 e. The van der Waals surface area contributed by atoms with Crippen molar-refractivity contribution in [3.63, 3.8) is 0 Å². The summed E-state index contributed by atoms with van der Waals surface area (Å²) in [7, 11) is 2.90. The van der Waals surface area contributed by atoms with E-state index in [1.165, 1.54) is 20.3 Å². The molecule has 1 saturated heterocycles. The lowest BCUT2D eigenvalue weighted by Gasteiger charge is -2.29. The Bertz CT molecular complexity index is 1080. The van der Waals surface area contributed by atoms with Crippen LogP contribution in [0.1, 0.15) is 11.3 Å². The Labute approximate surface area is 185 Å². The number of ether oxygens (including phenoxy) is 3. The molecule has 0 atom stereocenters. The van der Waals surface area contributed by atoms with Crippen LogP contribution >= 0.6 is 0 Å². The van der Waals surface area contributed by atoms with Gasteiger partial charge in [-0.05, 0) is 11.6 Å². The van der Waals surface area contributed by atoms with Crippen LogP contribution in [0.2, 0.25) is 0 Å². The summed E-state index contributed by atoms with van der Waals surface area (Å²) in [5.74, 6) is -1.41. The molecule has 0 unspecified atom stereocenters. The van der Waals surface area contributed by atoms with Crippen LogP contribution < -0.4 is 5.73 Å². The second-order valence-corrected chi connectivity index (χ2v) is 7.21. The van der Waals surface area contributed by atoms with Gasteiger partial charge in [-0.25, -0.2) is 4.39 Å². The van der Waals surface area contributed by atoms with E-state index in [1.54, 1.807) is 18.2 Å². The molecular formula is C23H25FN4O4. The van der Waals surface area contributed by atoms with E-state index >= 15 is 4.39 Å². The Morgan fingerprint density at radius 2 is 1.81 bits per heavy atom. The third kappa shape index (κ3) is 4.22. The van der Waals surface area contributed by atoms with Gasteiger partial charge in [0, 0.05) is 44.5 Å². The molecule has 1 aliphatic heterocycles. The van der Waals surface area contributed by atoms with Gasteiger partial charge in [-0.1, -0.05) is 47.6 Å². The van der Waals surface area contributed by atoms with Gasteiger partial charge in [0.15, 0.2) is 5.96 Å². The van der Waals surface area contributed by atoms with Gasteiger partial charge < -0.3 is 29.4 Å². The van der Waals surface area contributed by atoms with E-state index in [2.05, 4.69) is 10.1 Å². The molecule has 32 heavy (non-hydrogen) atoms. The van der Waals surface area contributed by atoms with Crippen molar-refractivity contribution in [3.05, 3.63) is 71.7 Å². The first-order chi connectivity index (χ1) is 15.6. The molecule has 2 aromatic carbocycles. The molecule has 8 nitrogen and oxygen atoms in total. The Morgan fingerprint density at radius 1 is 1.09 bits per heavy atom. The van der Waals surface area contributed by atoms with Crippen LogP contribution in [0.15, 0.2) is 64.1 Å². The Kier molecular flexibility index (Phi) is 6.50. The second kappa shape index (κ2) is 9.47. The number of aromatic nitrogens is 1.